The molecule has 7 heteroatoms. The van der Waals surface area contributed by atoms with E-state index in [4.69, 9.17) is 4.74 Å². The molecule has 1 aromatic heterocycles. The first kappa shape index (κ1) is 17.7. The van der Waals surface area contributed by atoms with Gasteiger partial charge in [0.15, 0.2) is 0 Å². The number of carbonyl (C=O) groups excluding carboxylic acids is 1. The lowest BCUT2D eigenvalue weighted by Gasteiger charge is -2.38. The third-order valence-electron chi connectivity index (χ3n) is 4.29. The van der Waals surface area contributed by atoms with Crippen LogP contribution in [0.4, 0.5) is 0 Å². The Morgan fingerprint density at radius 1 is 1.59 bits per heavy atom. The van der Waals surface area contributed by atoms with Crippen LogP contribution in [0.15, 0.2) is 17.5 Å². The van der Waals surface area contributed by atoms with Crippen LogP contribution in [0.2, 0.25) is 0 Å². The lowest BCUT2D eigenvalue weighted by atomic mass is 10.0. The van der Waals surface area contributed by atoms with Crippen LogP contribution >= 0.6 is 23.7 Å². The van der Waals surface area contributed by atoms with E-state index in [2.05, 4.69) is 5.32 Å². The van der Waals surface area contributed by atoms with Gasteiger partial charge in [-0.15, -0.1) is 23.7 Å². The second-order valence-corrected chi connectivity index (χ2v) is 6.70. The lowest BCUT2D eigenvalue weighted by molar-refractivity contribution is -0.144. The van der Waals surface area contributed by atoms with E-state index < -0.39 is 6.10 Å². The van der Waals surface area contributed by atoms with Crippen molar-refractivity contribution in [1.29, 1.82) is 0 Å². The zero-order chi connectivity index (χ0) is 14.7. The Morgan fingerprint density at radius 2 is 2.45 bits per heavy atom. The molecule has 2 aliphatic rings. The first-order valence-electron chi connectivity index (χ1n) is 7.56. The highest BCUT2D eigenvalue weighted by Gasteiger charge is 2.34. The number of ether oxygens (including phenoxy) is 1. The SMILES string of the molecule is Cl.O=C(C1CCNC1)N1CCOCC1CC(O)c1cccs1. The zero-order valence-electron chi connectivity index (χ0n) is 12.4. The summed E-state index contributed by atoms with van der Waals surface area (Å²) in [6, 6.07) is 3.85. The van der Waals surface area contributed by atoms with Gasteiger partial charge in [0.05, 0.1) is 31.3 Å². The number of aliphatic hydroxyl groups is 1. The molecule has 2 fully saturated rings. The summed E-state index contributed by atoms with van der Waals surface area (Å²) in [6.07, 6.45) is 0.941. The molecule has 2 N–H and O–H groups in total. The predicted molar refractivity (Wildman–Crippen MR) is 88.4 cm³/mol. The summed E-state index contributed by atoms with van der Waals surface area (Å²) in [5.41, 5.74) is 0. The van der Waals surface area contributed by atoms with Gasteiger partial charge in [-0.1, -0.05) is 6.07 Å². The van der Waals surface area contributed by atoms with Crippen molar-refractivity contribution in [1.82, 2.24) is 10.2 Å². The molecule has 3 unspecified atom stereocenters. The van der Waals surface area contributed by atoms with E-state index in [1.165, 1.54) is 0 Å². The average molecular weight is 347 g/mol. The molecule has 0 spiro atoms. The van der Waals surface area contributed by atoms with E-state index in [1.54, 1.807) is 11.3 Å². The molecule has 124 valence electrons. The first-order valence-corrected chi connectivity index (χ1v) is 8.44. The highest BCUT2D eigenvalue weighted by Crippen LogP contribution is 2.27. The van der Waals surface area contributed by atoms with Crippen molar-refractivity contribution in [3.63, 3.8) is 0 Å². The average Bonchev–Trinajstić information content (AvgIpc) is 3.20. The van der Waals surface area contributed by atoms with Gasteiger partial charge in [-0.2, -0.15) is 0 Å². The summed E-state index contributed by atoms with van der Waals surface area (Å²) in [7, 11) is 0. The molecule has 2 saturated heterocycles. The van der Waals surface area contributed by atoms with Crippen LogP contribution in [-0.2, 0) is 9.53 Å². The number of aliphatic hydroxyl groups excluding tert-OH is 1. The molecule has 1 aromatic rings. The summed E-state index contributed by atoms with van der Waals surface area (Å²) in [5, 5.41) is 15.5. The fourth-order valence-corrected chi connectivity index (χ4v) is 3.82. The number of nitrogens with zero attached hydrogens (tertiary/aromatic N) is 1. The number of thiophene rings is 1. The highest BCUT2D eigenvalue weighted by molar-refractivity contribution is 7.10. The number of morpholine rings is 1. The molecule has 22 heavy (non-hydrogen) atoms. The van der Waals surface area contributed by atoms with Gasteiger partial charge in [0.2, 0.25) is 5.91 Å². The summed E-state index contributed by atoms with van der Waals surface area (Å²) >= 11 is 1.55. The molecular weight excluding hydrogens is 324 g/mol. The molecule has 0 bridgehead atoms. The van der Waals surface area contributed by atoms with Gasteiger partial charge in [-0.3, -0.25) is 4.79 Å². The third kappa shape index (κ3) is 4.00. The molecule has 2 aliphatic heterocycles. The van der Waals surface area contributed by atoms with Crippen LogP contribution in [0.25, 0.3) is 0 Å². The Hall–Kier alpha value is -0.660. The molecule has 1 amide bonds. The van der Waals surface area contributed by atoms with E-state index in [1.807, 2.05) is 22.4 Å². The third-order valence-corrected chi connectivity index (χ3v) is 5.26. The van der Waals surface area contributed by atoms with E-state index in [-0.39, 0.29) is 30.3 Å². The number of rotatable bonds is 4. The van der Waals surface area contributed by atoms with E-state index in [0.717, 1.165) is 24.4 Å². The summed E-state index contributed by atoms with van der Waals surface area (Å²) in [5.74, 6) is 0.302. The van der Waals surface area contributed by atoms with Crippen LogP contribution in [0.1, 0.15) is 23.8 Å². The van der Waals surface area contributed by atoms with Gasteiger partial charge < -0.3 is 20.1 Å². The minimum Gasteiger partial charge on any atom is -0.387 e. The largest absolute Gasteiger partial charge is 0.387 e. The molecule has 0 aliphatic carbocycles. The smallest absolute Gasteiger partial charge is 0.227 e. The number of halogens is 1. The van der Waals surface area contributed by atoms with Crippen molar-refractivity contribution >= 4 is 29.7 Å². The van der Waals surface area contributed by atoms with E-state index in [0.29, 0.717) is 26.2 Å². The predicted octanol–water partition coefficient (Wildman–Crippen LogP) is 1.43. The second kappa shape index (κ2) is 8.26. The van der Waals surface area contributed by atoms with Gasteiger partial charge in [-0.25, -0.2) is 0 Å². The number of carbonyl (C=O) groups is 1. The van der Waals surface area contributed by atoms with Gasteiger partial charge in [-0.05, 0) is 24.4 Å². The molecule has 0 saturated carbocycles. The Kier molecular flexibility index (Phi) is 6.65. The molecule has 3 atom stereocenters. The topological polar surface area (TPSA) is 61.8 Å². The molecule has 3 rings (SSSR count). The van der Waals surface area contributed by atoms with Crippen LogP contribution in [0.5, 0.6) is 0 Å². The van der Waals surface area contributed by atoms with Crippen molar-refractivity contribution in [2.45, 2.75) is 25.0 Å². The standard InChI is InChI=1S/C15H22N2O3S.ClH/c18-13(14-2-1-7-21-14)8-12-10-20-6-5-17(12)15(19)11-3-4-16-9-11;/h1-2,7,11-13,16,18H,3-6,8-10H2;1H. The Balaban J connectivity index is 0.00000176. The van der Waals surface area contributed by atoms with Crippen LogP contribution < -0.4 is 5.32 Å². The fraction of sp³-hybridized carbons (Fsp3) is 0.667. The zero-order valence-corrected chi connectivity index (χ0v) is 14.1. The van der Waals surface area contributed by atoms with E-state index in [9.17, 15) is 9.90 Å². The normalized spacial score (nSPS) is 26.5. The second-order valence-electron chi connectivity index (χ2n) is 5.72. The summed E-state index contributed by atoms with van der Waals surface area (Å²) < 4.78 is 5.53. The van der Waals surface area contributed by atoms with Gasteiger partial charge in [0.1, 0.15) is 0 Å². The lowest BCUT2D eigenvalue weighted by Crippen LogP contribution is -2.51. The van der Waals surface area contributed by atoms with Crippen molar-refractivity contribution in [3.8, 4) is 0 Å². The minimum atomic E-state index is -0.520. The fourth-order valence-electron chi connectivity index (χ4n) is 3.09. The number of hydrogen-bond donors (Lipinski definition) is 2. The number of nitrogens with one attached hydrogen (secondary N) is 1. The van der Waals surface area contributed by atoms with Crippen molar-refractivity contribution in [2.24, 2.45) is 5.92 Å². The molecule has 3 heterocycles. The Morgan fingerprint density at radius 3 is 3.14 bits per heavy atom. The molecule has 0 radical (unpaired) electrons. The summed E-state index contributed by atoms with van der Waals surface area (Å²) in [6.45, 7) is 3.45. The van der Waals surface area contributed by atoms with Crippen molar-refractivity contribution in [3.05, 3.63) is 22.4 Å². The maximum absolute atomic E-state index is 12.6. The first-order chi connectivity index (χ1) is 10.3. The van der Waals surface area contributed by atoms with Crippen LogP contribution in [-0.4, -0.2) is 54.8 Å². The summed E-state index contributed by atoms with van der Waals surface area (Å²) in [4.78, 5) is 15.5. The van der Waals surface area contributed by atoms with Crippen molar-refractivity contribution < 1.29 is 14.6 Å². The van der Waals surface area contributed by atoms with Gasteiger partial charge in [0, 0.05) is 24.4 Å². The van der Waals surface area contributed by atoms with Crippen LogP contribution in [0, 0.1) is 5.92 Å². The number of hydrogen-bond acceptors (Lipinski definition) is 5. The highest BCUT2D eigenvalue weighted by atomic mass is 35.5. The van der Waals surface area contributed by atoms with Gasteiger partial charge in [0.25, 0.3) is 0 Å². The van der Waals surface area contributed by atoms with E-state index >= 15 is 0 Å². The minimum absolute atomic E-state index is 0. The maximum Gasteiger partial charge on any atom is 0.227 e. The Labute approximate surface area is 141 Å². The number of amides is 1. The Bertz CT molecular complexity index is 465. The maximum atomic E-state index is 12.6. The van der Waals surface area contributed by atoms with Gasteiger partial charge >= 0.3 is 0 Å². The quantitative estimate of drug-likeness (QED) is 0.865. The van der Waals surface area contributed by atoms with Crippen LogP contribution in [0.3, 0.4) is 0 Å². The molecular formula is C15H23ClN2O3S. The molecule has 0 aromatic carbocycles. The molecule has 5 nitrogen and oxygen atoms in total. The monoisotopic (exact) mass is 346 g/mol. The van der Waals surface area contributed by atoms with Crippen molar-refractivity contribution in [2.75, 3.05) is 32.8 Å².